The Morgan fingerprint density at radius 1 is 1.42 bits per heavy atom. The number of nitrogen functional groups attached to an aromatic ring is 1. The van der Waals surface area contributed by atoms with Crippen molar-refractivity contribution >= 4 is 17.5 Å². The van der Waals surface area contributed by atoms with Crippen LogP contribution in [0.3, 0.4) is 0 Å². The molecule has 1 aromatic rings. The maximum atomic E-state index is 11.8. The summed E-state index contributed by atoms with van der Waals surface area (Å²) >= 11 is 0. The summed E-state index contributed by atoms with van der Waals surface area (Å²) in [5, 5.41) is 11.7. The highest BCUT2D eigenvalue weighted by Crippen LogP contribution is 2.25. The van der Waals surface area contributed by atoms with Gasteiger partial charge in [0.25, 0.3) is 0 Å². The Hall–Kier alpha value is -2.08. The lowest BCUT2D eigenvalue weighted by Gasteiger charge is -2.40. The van der Waals surface area contributed by atoms with Gasteiger partial charge in [0.2, 0.25) is 11.8 Å². The highest BCUT2D eigenvalue weighted by atomic mass is 16.3. The van der Waals surface area contributed by atoms with Crippen molar-refractivity contribution in [3.05, 3.63) is 23.8 Å². The Labute approximate surface area is 111 Å². The van der Waals surface area contributed by atoms with Crippen molar-refractivity contribution in [2.45, 2.75) is 25.9 Å². The minimum Gasteiger partial charge on any atom is -0.506 e. The van der Waals surface area contributed by atoms with E-state index in [0.717, 1.165) is 5.56 Å². The van der Waals surface area contributed by atoms with Crippen molar-refractivity contribution in [2.75, 3.05) is 12.3 Å². The molecule has 0 radical (unpaired) electrons. The molecule has 0 spiro atoms. The normalized spacial score (nSPS) is 19.3. The van der Waals surface area contributed by atoms with Gasteiger partial charge in [0.05, 0.1) is 17.8 Å². The molecule has 1 aliphatic heterocycles. The van der Waals surface area contributed by atoms with E-state index in [4.69, 9.17) is 5.73 Å². The number of piperazine rings is 1. The topological polar surface area (TPSA) is 95.7 Å². The number of hydrogen-bond donors (Lipinski definition) is 3. The number of nitrogens with zero attached hydrogens (tertiary/aromatic N) is 1. The largest absolute Gasteiger partial charge is 0.506 e. The summed E-state index contributed by atoms with van der Waals surface area (Å²) in [6.45, 7) is 4.09. The zero-order valence-electron chi connectivity index (χ0n) is 10.9. The summed E-state index contributed by atoms with van der Waals surface area (Å²) in [5.41, 5.74) is 5.99. The fraction of sp³-hybridized carbons (Fsp3) is 0.385. The Balaban J connectivity index is 2.23. The molecule has 1 saturated heterocycles. The third kappa shape index (κ3) is 2.53. The number of carbonyl (C=O) groups excluding carboxylic acids is 2. The summed E-state index contributed by atoms with van der Waals surface area (Å²) in [6, 6.07) is 4.87. The van der Waals surface area contributed by atoms with Crippen LogP contribution >= 0.6 is 0 Å². The summed E-state index contributed by atoms with van der Waals surface area (Å²) in [7, 11) is 0. The summed E-state index contributed by atoms with van der Waals surface area (Å²) in [5.74, 6) is -0.595. The van der Waals surface area contributed by atoms with Crippen LogP contribution in [-0.2, 0) is 16.1 Å². The average molecular weight is 263 g/mol. The van der Waals surface area contributed by atoms with Crippen LogP contribution in [0.1, 0.15) is 19.4 Å². The lowest BCUT2D eigenvalue weighted by Crippen LogP contribution is -2.63. The van der Waals surface area contributed by atoms with Crippen molar-refractivity contribution in [3.8, 4) is 5.75 Å². The summed E-state index contributed by atoms with van der Waals surface area (Å²) in [4.78, 5) is 25.0. The second-order valence-corrected chi connectivity index (χ2v) is 5.19. The van der Waals surface area contributed by atoms with Crippen LogP contribution in [0.5, 0.6) is 5.75 Å². The van der Waals surface area contributed by atoms with Gasteiger partial charge in [0.1, 0.15) is 5.75 Å². The van der Waals surface area contributed by atoms with E-state index in [9.17, 15) is 14.7 Å². The molecule has 1 aromatic carbocycles. The van der Waals surface area contributed by atoms with E-state index in [1.54, 1.807) is 30.9 Å². The molecule has 0 saturated carbocycles. The molecule has 4 N–H and O–H groups in total. The van der Waals surface area contributed by atoms with Crippen molar-refractivity contribution < 1.29 is 14.7 Å². The van der Waals surface area contributed by atoms with Crippen LogP contribution in [0.4, 0.5) is 5.69 Å². The lowest BCUT2D eigenvalue weighted by atomic mass is 9.97. The molecule has 19 heavy (non-hydrogen) atoms. The number of anilines is 1. The number of imide groups is 1. The maximum absolute atomic E-state index is 11.8. The number of carbonyl (C=O) groups is 2. The predicted molar refractivity (Wildman–Crippen MR) is 70.2 cm³/mol. The van der Waals surface area contributed by atoms with Gasteiger partial charge >= 0.3 is 0 Å². The van der Waals surface area contributed by atoms with Gasteiger partial charge in [-0.05, 0) is 31.5 Å². The number of rotatable bonds is 2. The van der Waals surface area contributed by atoms with Crippen molar-refractivity contribution in [2.24, 2.45) is 0 Å². The fourth-order valence-electron chi connectivity index (χ4n) is 2.01. The van der Waals surface area contributed by atoms with Crippen LogP contribution in [-0.4, -0.2) is 33.9 Å². The number of nitrogens with one attached hydrogen (secondary N) is 1. The van der Waals surface area contributed by atoms with Gasteiger partial charge < -0.3 is 10.8 Å². The zero-order valence-corrected chi connectivity index (χ0v) is 10.9. The average Bonchev–Trinajstić information content (AvgIpc) is 2.31. The van der Waals surface area contributed by atoms with Crippen LogP contribution in [0, 0.1) is 0 Å². The van der Waals surface area contributed by atoms with Crippen LogP contribution in [0.2, 0.25) is 0 Å². The smallest absolute Gasteiger partial charge is 0.246 e. The van der Waals surface area contributed by atoms with E-state index in [1.807, 2.05) is 0 Å². The molecule has 2 rings (SSSR count). The molecule has 1 heterocycles. The molecular weight excluding hydrogens is 246 g/mol. The van der Waals surface area contributed by atoms with E-state index >= 15 is 0 Å². The number of benzene rings is 1. The number of amides is 2. The lowest BCUT2D eigenvalue weighted by molar-refractivity contribution is -0.145. The van der Waals surface area contributed by atoms with Crippen molar-refractivity contribution in [1.29, 1.82) is 0 Å². The van der Waals surface area contributed by atoms with Gasteiger partial charge in [0.15, 0.2) is 0 Å². The number of phenols is 1. The zero-order chi connectivity index (χ0) is 14.2. The molecule has 0 atom stereocenters. The minimum absolute atomic E-state index is 0.0236. The third-order valence-corrected chi connectivity index (χ3v) is 3.40. The molecule has 0 aliphatic carbocycles. The molecule has 0 bridgehead atoms. The number of hydrogen-bond acceptors (Lipinski definition) is 5. The van der Waals surface area contributed by atoms with E-state index < -0.39 is 5.54 Å². The second-order valence-electron chi connectivity index (χ2n) is 5.19. The second kappa shape index (κ2) is 4.55. The Morgan fingerprint density at radius 3 is 2.74 bits per heavy atom. The molecule has 1 fully saturated rings. The molecule has 2 amide bonds. The monoisotopic (exact) mass is 263 g/mol. The van der Waals surface area contributed by atoms with Gasteiger partial charge in [0, 0.05) is 6.54 Å². The molecule has 0 aromatic heterocycles. The highest BCUT2D eigenvalue weighted by Gasteiger charge is 2.40. The van der Waals surface area contributed by atoms with Crippen LogP contribution in [0.25, 0.3) is 0 Å². The summed E-state index contributed by atoms with van der Waals surface area (Å²) in [6.07, 6.45) is 0. The van der Waals surface area contributed by atoms with E-state index in [1.165, 1.54) is 6.07 Å². The number of nitrogens with two attached hydrogens (primary N) is 1. The fourth-order valence-corrected chi connectivity index (χ4v) is 2.01. The number of aromatic hydroxyl groups is 1. The van der Waals surface area contributed by atoms with Crippen molar-refractivity contribution in [1.82, 2.24) is 10.2 Å². The quantitative estimate of drug-likeness (QED) is 0.403. The summed E-state index contributed by atoms with van der Waals surface area (Å²) < 4.78 is 0. The van der Waals surface area contributed by atoms with E-state index in [0.29, 0.717) is 6.54 Å². The molecule has 6 heteroatoms. The van der Waals surface area contributed by atoms with Crippen LogP contribution < -0.4 is 11.1 Å². The van der Waals surface area contributed by atoms with Crippen molar-refractivity contribution in [3.63, 3.8) is 0 Å². The first-order valence-corrected chi connectivity index (χ1v) is 5.97. The molecule has 102 valence electrons. The van der Waals surface area contributed by atoms with Crippen LogP contribution in [0.15, 0.2) is 18.2 Å². The van der Waals surface area contributed by atoms with E-state index in [2.05, 4.69) is 5.32 Å². The predicted octanol–water partition coefficient (Wildman–Crippen LogP) is 0.211. The van der Waals surface area contributed by atoms with Gasteiger partial charge in [-0.3, -0.25) is 19.8 Å². The van der Waals surface area contributed by atoms with Gasteiger partial charge in [-0.25, -0.2) is 0 Å². The first kappa shape index (κ1) is 13.4. The third-order valence-electron chi connectivity index (χ3n) is 3.40. The first-order valence-electron chi connectivity index (χ1n) is 5.97. The van der Waals surface area contributed by atoms with E-state index in [-0.39, 0.29) is 29.8 Å². The Morgan fingerprint density at radius 2 is 2.11 bits per heavy atom. The number of phenolic OH excluding ortho intramolecular Hbond substituents is 1. The first-order chi connectivity index (χ1) is 8.80. The SMILES string of the molecule is CC1(C)C(=O)NC(=O)CN1Cc1ccc(O)c(N)c1. The molecule has 0 unspecified atom stereocenters. The molecule has 1 aliphatic rings. The maximum Gasteiger partial charge on any atom is 0.246 e. The highest BCUT2D eigenvalue weighted by molar-refractivity contribution is 6.02. The standard InChI is InChI=1S/C13H17N3O3/c1-13(2)12(19)15-11(18)7-16(13)6-8-3-4-10(17)9(14)5-8/h3-5,17H,6-7,14H2,1-2H3,(H,15,18,19). The minimum atomic E-state index is -0.763. The molecule has 6 nitrogen and oxygen atoms in total. The van der Waals surface area contributed by atoms with Gasteiger partial charge in [-0.1, -0.05) is 6.07 Å². The van der Waals surface area contributed by atoms with Gasteiger partial charge in [-0.15, -0.1) is 0 Å². The Kier molecular flexibility index (Phi) is 3.20. The molecular formula is C13H17N3O3. The van der Waals surface area contributed by atoms with Gasteiger partial charge in [-0.2, -0.15) is 0 Å². The Bertz CT molecular complexity index is 540.